The van der Waals surface area contributed by atoms with E-state index in [0.717, 1.165) is 5.56 Å². The Morgan fingerprint density at radius 2 is 2.00 bits per heavy atom. The van der Waals surface area contributed by atoms with Crippen molar-refractivity contribution in [3.05, 3.63) is 35.9 Å². The summed E-state index contributed by atoms with van der Waals surface area (Å²) in [6.07, 6.45) is 0.656. The van der Waals surface area contributed by atoms with Crippen molar-refractivity contribution in [3.63, 3.8) is 0 Å². The molecule has 1 aromatic rings. The molecule has 22 heavy (non-hydrogen) atoms. The highest BCUT2D eigenvalue weighted by molar-refractivity contribution is 5.92. The number of nitrogens with one attached hydrogen (secondary N) is 1. The first kappa shape index (κ1) is 16.5. The Morgan fingerprint density at radius 1 is 1.27 bits per heavy atom. The van der Waals surface area contributed by atoms with Gasteiger partial charge in [-0.1, -0.05) is 30.3 Å². The number of benzene rings is 1. The maximum atomic E-state index is 12.5. The molecule has 0 bridgehead atoms. The Labute approximate surface area is 131 Å². The van der Waals surface area contributed by atoms with Crippen LogP contribution in [0.15, 0.2) is 30.3 Å². The second-order valence-electron chi connectivity index (χ2n) is 5.57. The average molecular weight is 304 g/mol. The fourth-order valence-electron chi connectivity index (χ4n) is 2.55. The van der Waals surface area contributed by atoms with Crippen LogP contribution in [0.5, 0.6) is 0 Å². The minimum Gasteiger partial charge on any atom is -0.383 e. The van der Waals surface area contributed by atoms with Gasteiger partial charge in [0.05, 0.1) is 18.4 Å². The van der Waals surface area contributed by atoms with Gasteiger partial charge in [0.15, 0.2) is 0 Å². The van der Waals surface area contributed by atoms with Gasteiger partial charge < -0.3 is 15.0 Å². The molecule has 1 saturated carbocycles. The van der Waals surface area contributed by atoms with Gasteiger partial charge in [0, 0.05) is 26.7 Å². The Morgan fingerprint density at radius 3 is 2.64 bits per heavy atom. The van der Waals surface area contributed by atoms with Crippen LogP contribution in [-0.2, 0) is 20.9 Å². The van der Waals surface area contributed by atoms with Crippen LogP contribution < -0.4 is 5.32 Å². The summed E-state index contributed by atoms with van der Waals surface area (Å²) in [5, 5.41) is 2.80. The smallest absolute Gasteiger partial charge is 0.226 e. The van der Waals surface area contributed by atoms with Crippen molar-refractivity contribution in [2.75, 3.05) is 26.8 Å². The van der Waals surface area contributed by atoms with E-state index in [1.54, 1.807) is 7.11 Å². The molecule has 0 heterocycles. The summed E-state index contributed by atoms with van der Waals surface area (Å²) in [7, 11) is 1.60. The zero-order chi connectivity index (χ0) is 15.9. The number of hydrogen-bond acceptors (Lipinski definition) is 3. The zero-order valence-corrected chi connectivity index (χ0v) is 13.2. The molecule has 0 spiro atoms. The van der Waals surface area contributed by atoms with E-state index in [1.165, 1.54) is 0 Å². The van der Waals surface area contributed by atoms with Crippen LogP contribution in [0.1, 0.15) is 18.9 Å². The van der Waals surface area contributed by atoms with Crippen LogP contribution >= 0.6 is 0 Å². The summed E-state index contributed by atoms with van der Waals surface area (Å²) in [5.74, 6) is -0.287. The molecule has 5 nitrogen and oxygen atoms in total. The Bertz CT molecular complexity index is 504. The predicted octanol–water partition coefficient (Wildman–Crippen LogP) is 1.43. The van der Waals surface area contributed by atoms with Gasteiger partial charge in [-0.25, -0.2) is 0 Å². The van der Waals surface area contributed by atoms with Crippen LogP contribution in [0.4, 0.5) is 0 Å². The molecule has 2 rings (SSSR count). The third kappa shape index (κ3) is 4.31. The van der Waals surface area contributed by atoms with Crippen molar-refractivity contribution in [1.29, 1.82) is 0 Å². The minimum atomic E-state index is -0.172. The second kappa shape index (κ2) is 7.94. The van der Waals surface area contributed by atoms with Gasteiger partial charge in [-0.3, -0.25) is 9.59 Å². The standard InChI is InChI=1S/C17H24N2O3/c1-3-19(12-13-7-5-4-6-8-13)17(21)15-11-14(15)16(20)18-9-10-22-2/h4-8,14-15H,3,9-12H2,1-2H3,(H,18,20). The van der Waals surface area contributed by atoms with Gasteiger partial charge in [0.2, 0.25) is 11.8 Å². The molecule has 2 unspecified atom stereocenters. The quantitative estimate of drug-likeness (QED) is 0.739. The Hall–Kier alpha value is -1.88. The van der Waals surface area contributed by atoms with E-state index in [0.29, 0.717) is 32.7 Å². The molecule has 1 aromatic carbocycles. The van der Waals surface area contributed by atoms with E-state index in [9.17, 15) is 9.59 Å². The fraction of sp³-hybridized carbons (Fsp3) is 0.529. The molecule has 2 amide bonds. The van der Waals surface area contributed by atoms with Gasteiger partial charge in [0.1, 0.15) is 0 Å². The Balaban J connectivity index is 1.84. The minimum absolute atomic E-state index is 0.0360. The maximum Gasteiger partial charge on any atom is 0.226 e. The summed E-state index contributed by atoms with van der Waals surface area (Å²) >= 11 is 0. The van der Waals surface area contributed by atoms with Gasteiger partial charge in [-0.05, 0) is 18.9 Å². The summed E-state index contributed by atoms with van der Waals surface area (Å²) < 4.78 is 4.90. The third-order valence-corrected chi connectivity index (χ3v) is 3.96. The van der Waals surface area contributed by atoms with E-state index >= 15 is 0 Å². The Kier molecular flexibility index (Phi) is 5.95. The van der Waals surface area contributed by atoms with Gasteiger partial charge >= 0.3 is 0 Å². The maximum absolute atomic E-state index is 12.5. The van der Waals surface area contributed by atoms with Crippen molar-refractivity contribution in [1.82, 2.24) is 10.2 Å². The molecule has 1 aliphatic rings. The van der Waals surface area contributed by atoms with Crippen LogP contribution in [-0.4, -0.2) is 43.5 Å². The van der Waals surface area contributed by atoms with E-state index in [1.807, 2.05) is 42.2 Å². The van der Waals surface area contributed by atoms with Crippen molar-refractivity contribution in [2.45, 2.75) is 19.9 Å². The zero-order valence-electron chi connectivity index (χ0n) is 13.2. The first-order valence-electron chi connectivity index (χ1n) is 7.76. The highest BCUT2D eigenvalue weighted by atomic mass is 16.5. The molecule has 2 atom stereocenters. The lowest BCUT2D eigenvalue weighted by Gasteiger charge is -2.21. The number of methoxy groups -OCH3 is 1. The molecule has 0 aliphatic heterocycles. The fourth-order valence-corrected chi connectivity index (χ4v) is 2.55. The lowest BCUT2D eigenvalue weighted by molar-refractivity contribution is -0.135. The lowest BCUT2D eigenvalue weighted by atomic mass is 10.2. The second-order valence-corrected chi connectivity index (χ2v) is 5.57. The van der Waals surface area contributed by atoms with Crippen LogP contribution in [0.25, 0.3) is 0 Å². The SMILES string of the molecule is CCN(Cc1ccccc1)C(=O)C1CC1C(=O)NCCOC. The van der Waals surface area contributed by atoms with Crippen LogP contribution in [0.3, 0.4) is 0 Å². The number of nitrogens with zero attached hydrogens (tertiary/aromatic N) is 1. The number of hydrogen-bond donors (Lipinski definition) is 1. The summed E-state index contributed by atoms with van der Waals surface area (Å²) in [6.45, 7) is 4.21. The summed E-state index contributed by atoms with van der Waals surface area (Å²) in [6, 6.07) is 9.92. The molecular formula is C17H24N2O3. The van der Waals surface area contributed by atoms with E-state index in [-0.39, 0.29) is 23.7 Å². The van der Waals surface area contributed by atoms with Gasteiger partial charge in [0.25, 0.3) is 0 Å². The molecule has 120 valence electrons. The number of rotatable bonds is 8. The number of ether oxygens (including phenoxy) is 1. The van der Waals surface area contributed by atoms with E-state index < -0.39 is 0 Å². The monoisotopic (exact) mass is 304 g/mol. The van der Waals surface area contributed by atoms with E-state index in [2.05, 4.69) is 5.32 Å². The number of carbonyl (C=O) groups is 2. The van der Waals surface area contributed by atoms with Gasteiger partial charge in [-0.2, -0.15) is 0 Å². The molecule has 0 saturated heterocycles. The summed E-state index contributed by atoms with van der Waals surface area (Å²) in [4.78, 5) is 26.3. The molecule has 1 N–H and O–H groups in total. The largest absolute Gasteiger partial charge is 0.383 e. The van der Waals surface area contributed by atoms with Crippen LogP contribution in [0.2, 0.25) is 0 Å². The number of carbonyl (C=O) groups excluding carboxylic acids is 2. The van der Waals surface area contributed by atoms with Gasteiger partial charge in [-0.15, -0.1) is 0 Å². The van der Waals surface area contributed by atoms with Crippen molar-refractivity contribution in [3.8, 4) is 0 Å². The first-order chi connectivity index (χ1) is 10.7. The van der Waals surface area contributed by atoms with Crippen LogP contribution in [0, 0.1) is 11.8 Å². The van der Waals surface area contributed by atoms with E-state index in [4.69, 9.17) is 4.74 Å². The molecule has 0 radical (unpaired) electrons. The molecule has 5 heteroatoms. The number of amides is 2. The average Bonchev–Trinajstić information content (AvgIpc) is 3.34. The van der Waals surface area contributed by atoms with Crippen molar-refractivity contribution < 1.29 is 14.3 Å². The molecule has 0 aromatic heterocycles. The molecule has 1 fully saturated rings. The molecular weight excluding hydrogens is 280 g/mol. The van der Waals surface area contributed by atoms with Crippen molar-refractivity contribution in [2.24, 2.45) is 11.8 Å². The topological polar surface area (TPSA) is 58.6 Å². The highest BCUT2D eigenvalue weighted by Crippen LogP contribution is 2.40. The normalized spacial score (nSPS) is 19.5. The first-order valence-corrected chi connectivity index (χ1v) is 7.76. The third-order valence-electron chi connectivity index (χ3n) is 3.96. The van der Waals surface area contributed by atoms with Crippen molar-refractivity contribution >= 4 is 11.8 Å². The predicted molar refractivity (Wildman–Crippen MR) is 84.0 cm³/mol. The highest BCUT2D eigenvalue weighted by Gasteiger charge is 2.49. The lowest BCUT2D eigenvalue weighted by Crippen LogP contribution is -2.34. The summed E-state index contributed by atoms with van der Waals surface area (Å²) in [5.41, 5.74) is 1.11. The molecule has 1 aliphatic carbocycles.